The molecule has 0 saturated heterocycles. The van der Waals surface area contributed by atoms with Crippen LogP contribution >= 0.6 is 0 Å². The van der Waals surface area contributed by atoms with Gasteiger partial charge in [0.05, 0.1) is 6.10 Å². The summed E-state index contributed by atoms with van der Waals surface area (Å²) in [6, 6.07) is 0. The average Bonchev–Trinajstić information content (AvgIpc) is 2.44. The molecule has 122 valence electrons. The number of aliphatic hydroxyl groups excluding tert-OH is 1. The van der Waals surface area contributed by atoms with Crippen molar-refractivity contribution in [1.29, 1.82) is 0 Å². The predicted octanol–water partition coefficient (Wildman–Crippen LogP) is 5.00. The number of rotatable bonds is 15. The first-order chi connectivity index (χ1) is 9.74. The first-order valence-corrected chi connectivity index (χ1v) is 9.14. The largest absolute Gasteiger partial charge is 0.392 e. The first kappa shape index (κ1) is 19.9. The van der Waals surface area contributed by atoms with Gasteiger partial charge in [0.15, 0.2) is 0 Å². The first-order valence-electron chi connectivity index (χ1n) is 9.14. The molecule has 0 heterocycles. The van der Waals surface area contributed by atoms with Gasteiger partial charge >= 0.3 is 0 Å². The third-order valence-electron chi connectivity index (χ3n) is 4.02. The lowest BCUT2D eigenvalue weighted by molar-refractivity contribution is 0.101. The fraction of sp³-hybridized carbons (Fsp3) is 1.00. The van der Waals surface area contributed by atoms with Gasteiger partial charge in [0, 0.05) is 6.54 Å². The molecule has 2 nitrogen and oxygen atoms in total. The molecule has 0 spiro atoms. The topological polar surface area (TPSA) is 23.5 Å². The van der Waals surface area contributed by atoms with Gasteiger partial charge in [-0.1, -0.05) is 72.1 Å². The van der Waals surface area contributed by atoms with E-state index in [2.05, 4.69) is 25.7 Å². The molecule has 1 unspecified atom stereocenters. The second kappa shape index (κ2) is 15.3. The minimum atomic E-state index is -0.116. The molecule has 1 N–H and O–H groups in total. The van der Waals surface area contributed by atoms with Gasteiger partial charge in [-0.3, -0.25) is 0 Å². The van der Waals surface area contributed by atoms with Crippen LogP contribution in [0.15, 0.2) is 0 Å². The summed E-state index contributed by atoms with van der Waals surface area (Å²) in [6.07, 6.45) is 13.7. The smallest absolute Gasteiger partial charge is 0.0667 e. The molecular formula is C18H39NO. The molecule has 0 aliphatic heterocycles. The third kappa shape index (κ3) is 12.9. The van der Waals surface area contributed by atoms with Gasteiger partial charge in [-0.15, -0.1) is 0 Å². The Bertz CT molecular complexity index is 174. The van der Waals surface area contributed by atoms with Crippen molar-refractivity contribution in [3.8, 4) is 0 Å². The molecule has 2 heteroatoms. The van der Waals surface area contributed by atoms with Crippen LogP contribution in [-0.4, -0.2) is 35.7 Å². The normalized spacial score (nSPS) is 13.1. The molecule has 0 aliphatic rings. The lowest BCUT2D eigenvalue weighted by Gasteiger charge is -2.25. The third-order valence-corrected chi connectivity index (χ3v) is 4.02. The van der Waals surface area contributed by atoms with Crippen molar-refractivity contribution in [3.63, 3.8) is 0 Å². The van der Waals surface area contributed by atoms with Crippen molar-refractivity contribution in [3.05, 3.63) is 0 Å². The van der Waals surface area contributed by atoms with Crippen molar-refractivity contribution in [1.82, 2.24) is 4.90 Å². The predicted molar refractivity (Wildman–Crippen MR) is 90.3 cm³/mol. The summed E-state index contributed by atoms with van der Waals surface area (Å²) >= 11 is 0. The number of hydrogen-bond donors (Lipinski definition) is 1. The average molecular weight is 286 g/mol. The standard InChI is InChI=1S/C18H39NO/c1-4-7-10-11-14-18(20)17-19(15-12-8-5-2)16-13-9-6-3/h18,20H,4-17H2,1-3H3. The highest BCUT2D eigenvalue weighted by Crippen LogP contribution is 2.09. The summed E-state index contributed by atoms with van der Waals surface area (Å²) in [4.78, 5) is 2.50. The van der Waals surface area contributed by atoms with Crippen molar-refractivity contribution >= 4 is 0 Å². The highest BCUT2D eigenvalue weighted by atomic mass is 16.3. The fourth-order valence-corrected chi connectivity index (χ4v) is 2.66. The summed E-state index contributed by atoms with van der Waals surface area (Å²) in [5.74, 6) is 0. The van der Waals surface area contributed by atoms with E-state index in [1.54, 1.807) is 0 Å². The van der Waals surface area contributed by atoms with E-state index in [0.717, 1.165) is 13.0 Å². The summed E-state index contributed by atoms with van der Waals surface area (Å²) < 4.78 is 0. The van der Waals surface area contributed by atoms with Crippen LogP contribution in [0.25, 0.3) is 0 Å². The summed E-state index contributed by atoms with van der Waals surface area (Å²) in [5, 5.41) is 10.2. The Morgan fingerprint density at radius 3 is 1.70 bits per heavy atom. The van der Waals surface area contributed by atoms with Gasteiger partial charge in [-0.05, 0) is 32.4 Å². The van der Waals surface area contributed by atoms with Crippen LogP contribution in [0.3, 0.4) is 0 Å². The van der Waals surface area contributed by atoms with Crippen LogP contribution in [0.1, 0.15) is 91.4 Å². The van der Waals surface area contributed by atoms with Crippen molar-refractivity contribution in [2.24, 2.45) is 0 Å². The number of nitrogens with zero attached hydrogens (tertiary/aromatic N) is 1. The van der Waals surface area contributed by atoms with Gasteiger partial charge in [0.1, 0.15) is 0 Å². The summed E-state index contributed by atoms with van der Waals surface area (Å²) in [6.45, 7) is 9.97. The van der Waals surface area contributed by atoms with Gasteiger partial charge in [-0.2, -0.15) is 0 Å². The lowest BCUT2D eigenvalue weighted by atomic mass is 10.1. The fourth-order valence-electron chi connectivity index (χ4n) is 2.66. The molecule has 0 aliphatic carbocycles. The molecule has 0 fully saturated rings. The van der Waals surface area contributed by atoms with E-state index < -0.39 is 0 Å². The Labute approximate surface area is 127 Å². The zero-order valence-electron chi connectivity index (χ0n) is 14.4. The molecule has 0 aromatic rings. The van der Waals surface area contributed by atoms with E-state index in [1.807, 2.05) is 0 Å². The number of hydrogen-bond acceptors (Lipinski definition) is 2. The van der Waals surface area contributed by atoms with Gasteiger partial charge in [-0.25, -0.2) is 0 Å². The highest BCUT2D eigenvalue weighted by Gasteiger charge is 2.11. The van der Waals surface area contributed by atoms with Gasteiger partial charge in [0.25, 0.3) is 0 Å². The molecular weight excluding hydrogens is 246 g/mol. The van der Waals surface area contributed by atoms with Crippen molar-refractivity contribution in [2.45, 2.75) is 97.5 Å². The van der Waals surface area contributed by atoms with Crippen LogP contribution in [0, 0.1) is 0 Å². The maximum absolute atomic E-state index is 10.2. The van der Waals surface area contributed by atoms with E-state index in [0.29, 0.717) is 0 Å². The summed E-state index contributed by atoms with van der Waals surface area (Å²) in [5.41, 5.74) is 0. The van der Waals surface area contributed by atoms with E-state index in [-0.39, 0.29) is 6.10 Å². The molecule has 0 bridgehead atoms. The maximum atomic E-state index is 10.2. The molecule has 1 atom stereocenters. The molecule has 20 heavy (non-hydrogen) atoms. The Kier molecular flexibility index (Phi) is 15.3. The van der Waals surface area contributed by atoms with Gasteiger partial charge in [0.2, 0.25) is 0 Å². The van der Waals surface area contributed by atoms with E-state index in [4.69, 9.17) is 0 Å². The molecule has 0 saturated carbocycles. The van der Waals surface area contributed by atoms with Crippen molar-refractivity contribution in [2.75, 3.05) is 19.6 Å². The minimum absolute atomic E-state index is 0.116. The maximum Gasteiger partial charge on any atom is 0.0667 e. The quantitative estimate of drug-likeness (QED) is 0.428. The Balaban J connectivity index is 3.84. The zero-order chi connectivity index (χ0) is 15.1. The SMILES string of the molecule is CCCCCCC(O)CN(CCCCC)CCCCC. The van der Waals surface area contributed by atoms with Crippen molar-refractivity contribution < 1.29 is 5.11 Å². The second-order valence-electron chi connectivity index (χ2n) is 6.22. The molecule has 0 radical (unpaired) electrons. The van der Waals surface area contributed by atoms with Crippen LogP contribution in [0.5, 0.6) is 0 Å². The molecule has 0 rings (SSSR count). The molecule has 0 amide bonds. The van der Waals surface area contributed by atoms with Gasteiger partial charge < -0.3 is 10.0 Å². The molecule has 0 aromatic carbocycles. The lowest BCUT2D eigenvalue weighted by Crippen LogP contribution is -2.34. The Hall–Kier alpha value is -0.0800. The minimum Gasteiger partial charge on any atom is -0.392 e. The zero-order valence-corrected chi connectivity index (χ0v) is 14.4. The number of aliphatic hydroxyl groups is 1. The van der Waals surface area contributed by atoms with Crippen LogP contribution < -0.4 is 0 Å². The number of unbranched alkanes of at least 4 members (excludes halogenated alkanes) is 7. The monoisotopic (exact) mass is 285 g/mol. The Morgan fingerprint density at radius 1 is 0.700 bits per heavy atom. The highest BCUT2D eigenvalue weighted by molar-refractivity contribution is 4.65. The second-order valence-corrected chi connectivity index (χ2v) is 6.22. The summed E-state index contributed by atoms with van der Waals surface area (Å²) in [7, 11) is 0. The van der Waals surface area contributed by atoms with E-state index in [9.17, 15) is 5.11 Å². The Morgan fingerprint density at radius 2 is 1.20 bits per heavy atom. The van der Waals surface area contributed by atoms with E-state index >= 15 is 0 Å². The molecule has 0 aromatic heterocycles. The van der Waals surface area contributed by atoms with Crippen LogP contribution in [0.4, 0.5) is 0 Å². The van der Waals surface area contributed by atoms with Crippen LogP contribution in [-0.2, 0) is 0 Å². The van der Waals surface area contributed by atoms with E-state index in [1.165, 1.54) is 77.3 Å². The van der Waals surface area contributed by atoms with Crippen LogP contribution in [0.2, 0.25) is 0 Å².